The van der Waals surface area contributed by atoms with Gasteiger partial charge in [-0.25, -0.2) is 9.37 Å². The van der Waals surface area contributed by atoms with Crippen LogP contribution in [0.5, 0.6) is 0 Å². The predicted molar refractivity (Wildman–Crippen MR) is 138 cm³/mol. The molecule has 0 unspecified atom stereocenters. The lowest BCUT2D eigenvalue weighted by Gasteiger charge is -2.41. The number of rotatable bonds is 5. The Morgan fingerprint density at radius 2 is 1.81 bits per heavy atom. The van der Waals surface area contributed by atoms with Gasteiger partial charge in [-0.05, 0) is 42.3 Å². The molecule has 184 valence electrons. The average Bonchev–Trinajstić information content (AvgIpc) is 3.62. The van der Waals surface area contributed by atoms with Crippen molar-refractivity contribution in [3.05, 3.63) is 76.6 Å². The molecule has 1 atom stereocenters. The minimum atomic E-state index is -0.271. The van der Waals surface area contributed by atoms with Crippen LogP contribution >= 0.6 is 11.3 Å². The molecule has 0 radical (unpaired) electrons. The topological polar surface area (TPSA) is 70.5 Å². The first-order chi connectivity index (χ1) is 17.5. The number of thiazole rings is 1. The molecule has 0 saturated carbocycles. The molecule has 0 bridgehead atoms. The zero-order valence-electron chi connectivity index (χ0n) is 19.9. The van der Waals surface area contributed by atoms with Crippen LogP contribution in [-0.4, -0.2) is 69.4 Å². The zero-order chi connectivity index (χ0) is 24.8. The van der Waals surface area contributed by atoms with Crippen molar-refractivity contribution >= 4 is 34.1 Å². The van der Waals surface area contributed by atoms with Gasteiger partial charge in [0, 0.05) is 78.9 Å². The van der Waals surface area contributed by atoms with Gasteiger partial charge in [0.15, 0.2) is 0 Å². The van der Waals surface area contributed by atoms with E-state index in [-0.39, 0.29) is 29.7 Å². The molecule has 6 rings (SSSR count). The maximum Gasteiger partial charge on any atom is 0.273 e. The Morgan fingerprint density at radius 3 is 2.56 bits per heavy atom. The van der Waals surface area contributed by atoms with E-state index < -0.39 is 0 Å². The number of amides is 2. The molecule has 0 spiro atoms. The van der Waals surface area contributed by atoms with Crippen LogP contribution < -0.4 is 5.32 Å². The summed E-state index contributed by atoms with van der Waals surface area (Å²) >= 11 is 1.43. The van der Waals surface area contributed by atoms with Gasteiger partial charge in [0.05, 0.1) is 5.51 Å². The van der Waals surface area contributed by atoms with Crippen molar-refractivity contribution in [2.75, 3.05) is 26.2 Å². The lowest BCUT2D eigenvalue weighted by atomic mass is 10.0. The number of carbonyl (C=O) groups excluding carboxylic acids is 2. The third-order valence-electron chi connectivity index (χ3n) is 7.16. The molecule has 2 saturated heterocycles. The molecule has 2 aromatic carbocycles. The van der Waals surface area contributed by atoms with Crippen LogP contribution in [0.25, 0.3) is 22.0 Å². The van der Waals surface area contributed by atoms with Gasteiger partial charge in [0.1, 0.15) is 11.5 Å². The first-order valence-electron chi connectivity index (χ1n) is 12.0. The molecule has 9 heteroatoms. The van der Waals surface area contributed by atoms with Crippen molar-refractivity contribution in [2.24, 2.45) is 7.05 Å². The van der Waals surface area contributed by atoms with Gasteiger partial charge < -0.3 is 19.7 Å². The lowest BCUT2D eigenvalue weighted by molar-refractivity contribution is 0.0553. The number of halogens is 1. The molecular formula is C27H26FN5O2S. The molecule has 36 heavy (non-hydrogen) atoms. The molecule has 2 aliphatic heterocycles. The summed E-state index contributed by atoms with van der Waals surface area (Å²) in [4.78, 5) is 33.6. The molecule has 0 aliphatic carbocycles. The van der Waals surface area contributed by atoms with E-state index >= 15 is 0 Å². The van der Waals surface area contributed by atoms with E-state index in [1.165, 1.54) is 23.5 Å². The largest absolute Gasteiger partial charge is 0.350 e. The normalized spacial score (nSPS) is 18.1. The number of nitrogens with one attached hydrogen (secondary N) is 1. The van der Waals surface area contributed by atoms with Gasteiger partial charge in [-0.3, -0.25) is 9.59 Å². The molecule has 7 nitrogen and oxygen atoms in total. The molecule has 2 aliphatic rings. The Hall–Kier alpha value is -3.56. The van der Waals surface area contributed by atoms with Crippen molar-refractivity contribution < 1.29 is 14.0 Å². The Morgan fingerprint density at radius 1 is 1.03 bits per heavy atom. The van der Waals surface area contributed by atoms with Crippen molar-refractivity contribution in [3.63, 3.8) is 0 Å². The summed E-state index contributed by atoms with van der Waals surface area (Å²) in [5.41, 5.74) is 5.75. The summed E-state index contributed by atoms with van der Waals surface area (Å²) < 4.78 is 15.4. The molecule has 2 amide bonds. The van der Waals surface area contributed by atoms with Crippen molar-refractivity contribution in [1.82, 2.24) is 24.7 Å². The van der Waals surface area contributed by atoms with Crippen LogP contribution in [0.4, 0.5) is 4.39 Å². The van der Waals surface area contributed by atoms with Gasteiger partial charge in [-0.2, -0.15) is 0 Å². The highest BCUT2D eigenvalue weighted by atomic mass is 32.1. The van der Waals surface area contributed by atoms with E-state index in [1.54, 1.807) is 23.0 Å². The summed E-state index contributed by atoms with van der Waals surface area (Å²) in [7, 11) is 1.97. The van der Waals surface area contributed by atoms with Crippen LogP contribution in [0.1, 0.15) is 27.3 Å². The first kappa shape index (κ1) is 22.9. The average molecular weight is 504 g/mol. The number of fused-ring (bicyclic) bond motifs is 1. The Labute approximate surface area is 212 Å². The number of likely N-dealkylation sites (tertiary alicyclic amines) is 2. The highest BCUT2D eigenvalue weighted by Gasteiger charge is 2.35. The number of carbonyl (C=O) groups is 2. The molecule has 4 aromatic rings. The van der Waals surface area contributed by atoms with Crippen LogP contribution in [0.3, 0.4) is 0 Å². The minimum Gasteiger partial charge on any atom is -0.350 e. The van der Waals surface area contributed by atoms with Crippen LogP contribution in [0.15, 0.2) is 59.6 Å². The second-order valence-electron chi connectivity index (χ2n) is 9.58. The maximum absolute atomic E-state index is 13.4. The quantitative estimate of drug-likeness (QED) is 0.450. The highest BCUT2D eigenvalue weighted by Crippen LogP contribution is 2.31. The zero-order valence-corrected chi connectivity index (χ0v) is 20.7. The predicted octanol–water partition coefficient (Wildman–Crippen LogP) is 3.77. The Bertz CT molecular complexity index is 1430. The fourth-order valence-corrected chi connectivity index (χ4v) is 5.74. The first-order valence-corrected chi connectivity index (χ1v) is 13.0. The number of hydrogen-bond acceptors (Lipinski definition) is 5. The van der Waals surface area contributed by atoms with E-state index in [0.29, 0.717) is 30.9 Å². The van der Waals surface area contributed by atoms with E-state index in [9.17, 15) is 14.0 Å². The molecule has 1 N–H and O–H groups in total. The number of aryl methyl sites for hydroxylation is 1. The van der Waals surface area contributed by atoms with Gasteiger partial charge in [-0.1, -0.05) is 12.1 Å². The number of nitrogens with zero attached hydrogens (tertiary/aromatic N) is 4. The van der Waals surface area contributed by atoms with Gasteiger partial charge in [-0.15, -0.1) is 11.3 Å². The number of hydrogen-bond donors (Lipinski definition) is 1. The number of aromatic nitrogens is 2. The summed E-state index contributed by atoms with van der Waals surface area (Å²) in [6, 6.07) is 12.7. The molecule has 4 heterocycles. The molecular weight excluding hydrogens is 477 g/mol. The van der Waals surface area contributed by atoms with Crippen molar-refractivity contribution in [3.8, 4) is 11.1 Å². The Kier molecular flexibility index (Phi) is 5.81. The fraction of sp³-hybridized carbons (Fsp3) is 0.296. The minimum absolute atomic E-state index is 0.00983. The summed E-state index contributed by atoms with van der Waals surface area (Å²) in [5.74, 6) is -0.273. The monoisotopic (exact) mass is 503 g/mol. The second-order valence-corrected chi connectivity index (χ2v) is 10.3. The van der Waals surface area contributed by atoms with E-state index in [0.717, 1.165) is 35.0 Å². The lowest BCUT2D eigenvalue weighted by Crippen LogP contribution is -2.62. The van der Waals surface area contributed by atoms with Crippen molar-refractivity contribution in [1.29, 1.82) is 0 Å². The highest BCUT2D eigenvalue weighted by molar-refractivity contribution is 7.07. The summed E-state index contributed by atoms with van der Waals surface area (Å²) in [5, 5.41) is 6.37. The maximum atomic E-state index is 13.4. The SMILES string of the molecule is Cn1cc(-c2ccc(F)cc2)c2cc(C(=O)N3CC(N[C@H]4CCN(C(=O)c5cscn5)C4)C3)ccc21. The summed E-state index contributed by atoms with van der Waals surface area (Å²) in [6.07, 6.45) is 2.91. The Balaban J connectivity index is 1.09. The van der Waals surface area contributed by atoms with Gasteiger partial charge >= 0.3 is 0 Å². The molecule has 2 aromatic heterocycles. The second kappa shape index (κ2) is 9.15. The molecule has 2 fully saturated rings. The van der Waals surface area contributed by atoms with E-state index in [1.807, 2.05) is 45.8 Å². The summed E-state index contributed by atoms with van der Waals surface area (Å²) in [6.45, 7) is 2.68. The third-order valence-corrected chi connectivity index (χ3v) is 7.75. The van der Waals surface area contributed by atoms with Gasteiger partial charge in [0.2, 0.25) is 0 Å². The number of benzene rings is 2. The van der Waals surface area contributed by atoms with Crippen LogP contribution in [0, 0.1) is 5.82 Å². The van der Waals surface area contributed by atoms with Gasteiger partial charge in [0.25, 0.3) is 11.8 Å². The van der Waals surface area contributed by atoms with Crippen LogP contribution in [-0.2, 0) is 7.05 Å². The fourth-order valence-electron chi connectivity index (χ4n) is 5.21. The van der Waals surface area contributed by atoms with Crippen LogP contribution in [0.2, 0.25) is 0 Å². The van der Waals surface area contributed by atoms with E-state index in [2.05, 4.69) is 10.3 Å². The third kappa shape index (κ3) is 4.18. The van der Waals surface area contributed by atoms with E-state index in [4.69, 9.17) is 0 Å². The smallest absolute Gasteiger partial charge is 0.273 e. The van der Waals surface area contributed by atoms with Crippen molar-refractivity contribution in [2.45, 2.75) is 18.5 Å². The standard InChI is InChI=1S/C27H26FN5O2S/c1-31-14-23(17-2-5-19(28)6-3-17)22-10-18(4-7-25(22)31)26(34)33-12-21(13-33)30-20-8-9-32(11-20)27(35)24-15-36-16-29-24/h2-7,10,14-16,20-21,30H,8-9,11-13H2,1H3/t20-/m0/s1.